The maximum atomic E-state index is 12.8. The SMILES string of the molecule is CC1=CC(=O)C(=O)C2=C1O[C@]1(C2)[C@@H](C)CC[C@@H]2[C@@]3(C)CCC(=O)C(C)(C)[C@@H]3CC[C@]21C. The molecule has 0 amide bonds. The number of Topliss-reactive ketones (excluding diaryl/α,β-unsaturated/α-hetero) is 2. The second-order valence-electron chi connectivity index (χ2n) is 12.2. The maximum Gasteiger partial charge on any atom is 0.232 e. The minimum atomic E-state index is -0.449. The van der Waals surface area contributed by atoms with Gasteiger partial charge in [0.15, 0.2) is 0 Å². The molecule has 4 nitrogen and oxygen atoms in total. The van der Waals surface area contributed by atoms with Crippen molar-refractivity contribution >= 4 is 17.3 Å². The zero-order chi connectivity index (χ0) is 22.6. The number of allylic oxidation sites excluding steroid dienone is 2. The summed E-state index contributed by atoms with van der Waals surface area (Å²) in [6.07, 6.45) is 7.84. The number of carbonyl (C=O) groups excluding carboxylic acids is 3. The first-order valence-corrected chi connectivity index (χ1v) is 12.1. The molecular weight excluding hydrogens is 388 g/mol. The predicted molar refractivity (Wildman–Crippen MR) is 118 cm³/mol. The van der Waals surface area contributed by atoms with Gasteiger partial charge in [-0.1, -0.05) is 34.6 Å². The van der Waals surface area contributed by atoms with Crippen molar-refractivity contribution in [2.75, 3.05) is 0 Å². The Morgan fingerprint density at radius 3 is 2.39 bits per heavy atom. The van der Waals surface area contributed by atoms with E-state index in [9.17, 15) is 14.4 Å². The van der Waals surface area contributed by atoms with Crippen molar-refractivity contribution in [2.45, 2.75) is 92.1 Å². The zero-order valence-electron chi connectivity index (χ0n) is 19.9. The van der Waals surface area contributed by atoms with Crippen molar-refractivity contribution in [1.29, 1.82) is 0 Å². The molecule has 1 heterocycles. The van der Waals surface area contributed by atoms with Crippen molar-refractivity contribution in [1.82, 2.24) is 0 Å². The molecule has 0 unspecified atom stereocenters. The van der Waals surface area contributed by atoms with Crippen LogP contribution in [0.3, 0.4) is 0 Å². The van der Waals surface area contributed by atoms with Crippen LogP contribution >= 0.6 is 0 Å². The minimum absolute atomic E-state index is 0.0899. The fourth-order valence-electron chi connectivity index (χ4n) is 8.91. The molecule has 4 aliphatic carbocycles. The first kappa shape index (κ1) is 21.2. The van der Waals surface area contributed by atoms with Gasteiger partial charge in [0.05, 0.1) is 0 Å². The lowest BCUT2D eigenvalue weighted by molar-refractivity contribution is -0.237. The molecule has 5 aliphatic rings. The maximum absolute atomic E-state index is 12.8. The monoisotopic (exact) mass is 424 g/mol. The number of hydrogen-bond acceptors (Lipinski definition) is 4. The quantitative estimate of drug-likeness (QED) is 0.388. The number of ketones is 3. The third kappa shape index (κ3) is 2.40. The fourth-order valence-corrected chi connectivity index (χ4v) is 8.91. The molecule has 31 heavy (non-hydrogen) atoms. The van der Waals surface area contributed by atoms with Crippen molar-refractivity contribution in [3.63, 3.8) is 0 Å². The van der Waals surface area contributed by atoms with Gasteiger partial charge in [-0.05, 0) is 73.8 Å². The summed E-state index contributed by atoms with van der Waals surface area (Å²) in [5.41, 5.74) is 0.668. The molecule has 0 bridgehead atoms. The van der Waals surface area contributed by atoms with Crippen molar-refractivity contribution in [3.05, 3.63) is 23.0 Å². The summed E-state index contributed by atoms with van der Waals surface area (Å²) < 4.78 is 6.88. The highest BCUT2D eigenvalue weighted by molar-refractivity contribution is 6.48. The lowest BCUT2D eigenvalue weighted by atomic mass is 9.37. The third-order valence-electron chi connectivity index (χ3n) is 10.6. The molecule has 0 aromatic carbocycles. The van der Waals surface area contributed by atoms with Crippen molar-refractivity contribution in [3.8, 4) is 0 Å². The molecule has 1 aliphatic heterocycles. The lowest BCUT2D eigenvalue weighted by Gasteiger charge is -2.68. The van der Waals surface area contributed by atoms with Gasteiger partial charge in [0.2, 0.25) is 11.6 Å². The minimum Gasteiger partial charge on any atom is -0.485 e. The summed E-state index contributed by atoms with van der Waals surface area (Å²) in [5, 5.41) is 0. The molecule has 6 atom stereocenters. The van der Waals surface area contributed by atoms with E-state index in [1.54, 1.807) is 0 Å². The van der Waals surface area contributed by atoms with Crippen LogP contribution in [-0.4, -0.2) is 23.0 Å². The Kier molecular flexibility index (Phi) is 4.23. The Labute approximate surface area is 185 Å². The molecule has 4 heteroatoms. The molecule has 0 N–H and O–H groups in total. The summed E-state index contributed by atoms with van der Waals surface area (Å²) in [6, 6.07) is 0. The van der Waals surface area contributed by atoms with Crippen LogP contribution in [0.2, 0.25) is 0 Å². The summed E-state index contributed by atoms with van der Waals surface area (Å²) in [6.45, 7) is 13.3. The first-order valence-electron chi connectivity index (χ1n) is 12.1. The highest BCUT2D eigenvalue weighted by Gasteiger charge is 2.70. The number of fused-ring (bicyclic) bond motifs is 4. The van der Waals surface area contributed by atoms with E-state index in [4.69, 9.17) is 4.74 Å². The van der Waals surface area contributed by atoms with E-state index in [1.807, 2.05) is 6.92 Å². The summed E-state index contributed by atoms with van der Waals surface area (Å²) in [4.78, 5) is 37.9. The smallest absolute Gasteiger partial charge is 0.232 e. The Balaban J connectivity index is 1.59. The van der Waals surface area contributed by atoms with E-state index >= 15 is 0 Å². The van der Waals surface area contributed by atoms with Gasteiger partial charge in [-0.3, -0.25) is 14.4 Å². The number of ether oxygens (including phenoxy) is 1. The van der Waals surface area contributed by atoms with Crippen LogP contribution in [-0.2, 0) is 19.1 Å². The average molecular weight is 425 g/mol. The average Bonchev–Trinajstić information content (AvgIpc) is 3.11. The van der Waals surface area contributed by atoms with E-state index < -0.39 is 11.4 Å². The van der Waals surface area contributed by atoms with Gasteiger partial charge in [0.1, 0.15) is 17.1 Å². The van der Waals surface area contributed by atoms with Crippen LogP contribution in [0.15, 0.2) is 23.0 Å². The van der Waals surface area contributed by atoms with E-state index in [-0.39, 0.29) is 22.0 Å². The molecule has 0 radical (unpaired) electrons. The van der Waals surface area contributed by atoms with Gasteiger partial charge in [0.25, 0.3) is 0 Å². The molecule has 168 valence electrons. The standard InChI is InChI=1S/C27H36O4/c1-15-13-18(28)22(30)17-14-27(31-23(15)17)16(2)7-8-20-25(5)11-10-21(29)24(3,4)19(25)9-12-26(20,27)6/h13,16,19-20H,7-12,14H2,1-6H3/t16-,19-,20+,25-,26+,27+/m0/s1. The third-order valence-corrected chi connectivity index (χ3v) is 10.6. The molecule has 1 spiro atoms. The number of carbonyl (C=O) groups is 3. The highest BCUT2D eigenvalue weighted by atomic mass is 16.5. The number of rotatable bonds is 0. The Morgan fingerprint density at radius 2 is 1.68 bits per heavy atom. The van der Waals surface area contributed by atoms with E-state index in [0.29, 0.717) is 47.7 Å². The molecule has 5 rings (SSSR count). The Morgan fingerprint density at radius 1 is 0.968 bits per heavy atom. The van der Waals surface area contributed by atoms with E-state index in [2.05, 4.69) is 34.6 Å². The summed E-state index contributed by atoms with van der Waals surface area (Å²) in [5.74, 6) is 1.44. The molecule has 0 aromatic rings. The van der Waals surface area contributed by atoms with E-state index in [0.717, 1.165) is 37.7 Å². The van der Waals surface area contributed by atoms with E-state index in [1.165, 1.54) is 6.08 Å². The normalized spacial score (nSPS) is 46.3. The second-order valence-corrected chi connectivity index (χ2v) is 12.2. The van der Waals surface area contributed by atoms with Crippen LogP contribution in [0.1, 0.15) is 86.5 Å². The molecule has 0 aromatic heterocycles. The lowest BCUT2D eigenvalue weighted by Crippen LogP contribution is -2.66. The molecular formula is C27H36O4. The second kappa shape index (κ2) is 6.20. The predicted octanol–water partition coefficient (Wildman–Crippen LogP) is 5.36. The van der Waals surface area contributed by atoms with Crippen molar-refractivity contribution < 1.29 is 19.1 Å². The number of hydrogen-bond donors (Lipinski definition) is 0. The van der Waals surface area contributed by atoms with Gasteiger partial charge < -0.3 is 4.74 Å². The Bertz CT molecular complexity index is 968. The summed E-state index contributed by atoms with van der Waals surface area (Å²) >= 11 is 0. The fraction of sp³-hybridized carbons (Fsp3) is 0.741. The molecule has 3 saturated carbocycles. The van der Waals surface area contributed by atoms with Crippen LogP contribution in [0.25, 0.3) is 0 Å². The van der Waals surface area contributed by atoms with Gasteiger partial charge in [-0.15, -0.1) is 0 Å². The topological polar surface area (TPSA) is 60.4 Å². The van der Waals surface area contributed by atoms with Gasteiger partial charge >= 0.3 is 0 Å². The molecule has 0 saturated heterocycles. The van der Waals surface area contributed by atoms with Crippen LogP contribution < -0.4 is 0 Å². The van der Waals surface area contributed by atoms with Gasteiger partial charge in [-0.25, -0.2) is 0 Å². The first-order chi connectivity index (χ1) is 14.4. The highest BCUT2D eigenvalue weighted by Crippen LogP contribution is 2.72. The van der Waals surface area contributed by atoms with Crippen LogP contribution in [0.4, 0.5) is 0 Å². The van der Waals surface area contributed by atoms with Gasteiger partial charge in [-0.2, -0.15) is 0 Å². The van der Waals surface area contributed by atoms with Gasteiger partial charge in [0, 0.05) is 29.2 Å². The zero-order valence-corrected chi connectivity index (χ0v) is 19.9. The molecule has 3 fully saturated rings. The largest absolute Gasteiger partial charge is 0.485 e. The van der Waals surface area contributed by atoms with Crippen molar-refractivity contribution in [2.24, 2.45) is 34.0 Å². The van der Waals surface area contributed by atoms with Crippen LogP contribution in [0, 0.1) is 34.0 Å². The van der Waals surface area contributed by atoms with Crippen LogP contribution in [0.5, 0.6) is 0 Å². The Hall–Kier alpha value is -1.71. The summed E-state index contributed by atoms with van der Waals surface area (Å²) in [7, 11) is 0.